The first kappa shape index (κ1) is 30.3. The van der Waals surface area contributed by atoms with E-state index < -0.39 is 101 Å². The maximum atomic E-state index is 9.41. The molecule has 11 rings (SSSR count). The molecule has 0 unspecified atom stereocenters. The van der Waals surface area contributed by atoms with Crippen LogP contribution in [-0.2, 0) is 0 Å². The molecule has 0 aliphatic rings. The van der Waals surface area contributed by atoms with Gasteiger partial charge in [-0.2, -0.15) is 0 Å². The number of rotatable bonds is 12. The highest BCUT2D eigenvalue weighted by Crippen LogP contribution is 2.36. The normalized spacial score (nSPS) is 14.0. The van der Waals surface area contributed by atoms with Gasteiger partial charge in [0.15, 0.2) is 0 Å². The number of hydrogen-bond donors (Lipinski definition) is 0. The van der Waals surface area contributed by atoms with Crippen molar-refractivity contribution >= 4 is 51.5 Å². The number of aliphatic imine (C=N–C) groups is 1. The van der Waals surface area contributed by atoms with Crippen molar-refractivity contribution in [3.8, 4) is 45.1 Å². The first-order valence-electron chi connectivity index (χ1n) is 28.6. The number of amidine groups is 1. The Morgan fingerprint density at radius 1 is 0.609 bits per heavy atom. The van der Waals surface area contributed by atoms with Crippen molar-refractivity contribution in [1.82, 2.24) is 9.55 Å². The van der Waals surface area contributed by atoms with E-state index in [4.69, 9.17) is 29.8 Å². The molecular weight excluding hydrogens is 842 g/mol. The Labute approximate surface area is 421 Å². The number of benzene rings is 9. The fraction of sp³-hybridized carbons (Fsp3) is 0.0161. The Morgan fingerprint density at radius 3 is 1.86 bits per heavy atom. The highest BCUT2D eigenvalue weighted by Gasteiger charge is 2.33. The molecule has 0 aliphatic carbocycles. The average Bonchev–Trinajstić information content (AvgIpc) is 3.90. The lowest BCUT2D eigenvalue weighted by Gasteiger charge is -2.31. The molecule has 0 saturated carbocycles. The van der Waals surface area contributed by atoms with Crippen molar-refractivity contribution in [2.24, 2.45) is 4.99 Å². The summed E-state index contributed by atoms with van der Waals surface area (Å²) >= 11 is 0. The molecule has 9 aromatic carbocycles. The van der Waals surface area contributed by atoms with Crippen LogP contribution in [0.4, 0.5) is 17.1 Å². The second-order valence-corrected chi connectivity index (χ2v) is 15.8. The monoisotopic (exact) mass is 900 g/mol. The zero-order valence-electron chi connectivity index (χ0n) is 50.0. The Balaban J connectivity index is 1.08. The van der Waals surface area contributed by atoms with Gasteiger partial charge in [-0.25, -0.2) is 4.99 Å². The van der Waals surface area contributed by atoms with Crippen LogP contribution in [0.2, 0.25) is 0 Å². The van der Waals surface area contributed by atoms with E-state index in [2.05, 4.69) is 35.5 Å². The van der Waals surface area contributed by atoms with Gasteiger partial charge < -0.3 is 9.64 Å². The molecule has 0 fully saturated rings. The maximum Gasteiger partial charge on any atom is 0.288 e. The minimum absolute atomic E-state index is 0.284. The molecule has 0 atom stereocenters. The van der Waals surface area contributed by atoms with E-state index in [1.54, 1.807) is 59.3 Å². The number of fused-ring (bicyclic) bond motifs is 1. The molecule has 6 nitrogen and oxygen atoms in total. The summed E-state index contributed by atoms with van der Waals surface area (Å²) in [5.74, 6) is 0.835. The van der Waals surface area contributed by atoms with Crippen LogP contribution in [0.1, 0.15) is 23.5 Å². The summed E-state index contributed by atoms with van der Waals surface area (Å²) in [7, 11) is 0. The van der Waals surface area contributed by atoms with Crippen molar-refractivity contribution in [2.45, 2.75) is 6.92 Å². The van der Waals surface area contributed by atoms with Crippen LogP contribution in [0.3, 0.4) is 0 Å². The molecule has 0 amide bonds. The smallest absolute Gasteiger partial charge is 0.288 e. The number of ether oxygens (including phenoxy) is 1. The number of aromatic nitrogens is 3. The second kappa shape index (κ2) is 19.4. The molecule has 0 spiro atoms. The summed E-state index contributed by atoms with van der Waals surface area (Å²) in [6.45, 7) is 1.60. The van der Waals surface area contributed by atoms with Crippen LogP contribution in [0.5, 0.6) is 11.5 Å². The van der Waals surface area contributed by atoms with Crippen molar-refractivity contribution in [2.75, 3.05) is 4.90 Å². The largest absolute Gasteiger partial charge is 0.458 e. The molecule has 69 heavy (non-hydrogen) atoms. The lowest BCUT2D eigenvalue weighted by molar-refractivity contribution is -0.571. The summed E-state index contributed by atoms with van der Waals surface area (Å²) < 4.78 is 125. The van der Waals surface area contributed by atoms with E-state index in [0.717, 1.165) is 28.0 Å². The third-order valence-corrected chi connectivity index (χ3v) is 11.5. The highest BCUT2D eigenvalue weighted by molar-refractivity contribution is 7.10. The third kappa shape index (κ3) is 8.85. The maximum absolute atomic E-state index is 9.41. The van der Waals surface area contributed by atoms with Crippen LogP contribution in [0, 0.1) is 13.3 Å². The van der Waals surface area contributed by atoms with E-state index in [1.165, 1.54) is 4.57 Å². The van der Waals surface area contributed by atoms with Crippen LogP contribution in [-0.4, -0.2) is 22.0 Å². The van der Waals surface area contributed by atoms with Gasteiger partial charge in [0.1, 0.15) is 11.5 Å². The number of aryl methyl sites for hydroxylation is 1. The first-order chi connectivity index (χ1) is 39.5. The van der Waals surface area contributed by atoms with Gasteiger partial charge in [-0.1, -0.05) is 205 Å². The van der Waals surface area contributed by atoms with Gasteiger partial charge in [0.05, 0.1) is 63.0 Å². The predicted octanol–water partition coefficient (Wildman–Crippen LogP) is 13.3. The zero-order chi connectivity index (χ0) is 57.7. The van der Waals surface area contributed by atoms with Gasteiger partial charge in [0.25, 0.3) is 13.0 Å². The van der Waals surface area contributed by atoms with Crippen LogP contribution in [0.15, 0.2) is 266 Å². The fourth-order valence-corrected chi connectivity index (χ4v) is 8.43. The second-order valence-electron chi connectivity index (χ2n) is 15.8. The van der Waals surface area contributed by atoms with Crippen molar-refractivity contribution in [3.63, 3.8) is 0 Å². The zero-order valence-corrected chi connectivity index (χ0v) is 37.0. The van der Waals surface area contributed by atoms with Gasteiger partial charge in [-0.05, 0) is 83.8 Å². The summed E-state index contributed by atoms with van der Waals surface area (Å²) in [6, 6.07) is 46.3. The number of imidazole rings is 1. The third-order valence-electron chi connectivity index (χ3n) is 11.5. The first-order valence-corrected chi connectivity index (χ1v) is 22.1. The molecule has 0 saturated heterocycles. The Morgan fingerprint density at radius 2 is 1.20 bits per heavy atom. The van der Waals surface area contributed by atoms with E-state index in [9.17, 15) is 2.74 Å². The molecule has 0 bridgehead atoms. The molecular formula is C62H46BN5O. The number of hydrogen-bond acceptors (Lipinski definition) is 3. The van der Waals surface area contributed by atoms with E-state index in [1.807, 2.05) is 110 Å². The minimum atomic E-state index is -0.781. The molecule has 328 valence electrons. The lowest BCUT2D eigenvalue weighted by atomic mass is 9.39. The van der Waals surface area contributed by atoms with Gasteiger partial charge in [0.2, 0.25) is 0 Å². The summed E-state index contributed by atoms with van der Waals surface area (Å²) in [5.41, 5.74) is 4.94. The summed E-state index contributed by atoms with van der Waals surface area (Å²) in [4.78, 5) is 12.4. The topological polar surface area (TPSA) is 46.5 Å². The van der Waals surface area contributed by atoms with E-state index in [0.29, 0.717) is 39.6 Å². The van der Waals surface area contributed by atoms with Crippen molar-refractivity contribution in [1.29, 1.82) is 0 Å². The lowest BCUT2D eigenvalue weighted by Crippen LogP contribution is -2.55. The standard InChI is InChI=1S/C62H46BN5O/c1-46-58(41-22-42-64-46)68(52-32-15-6-16-33-52)62(63(49-27-11-4-12-28-49)50-29-13-5-14-30-50)65-51-31-19-35-54(43-51)69-55-36-20-34-53(44-55)66-45-67(60-40-18-17-39-59(60)66)61-56(47-23-7-2-8-24-47)37-21-38-57(61)48-25-9-3-10-26-48/h2-44H,1H3/i2D,3D,7D,8D,9D,10D,21D,23D,24D,25D,26D,37D,38D. The SMILES string of the molecule is [2H]c1c([2H])c([2H])c(-c2c([2H])c([2H])c([2H])c(-c3c([2H])c([2H])c([2H])c([2H])c3[2H])c2-[n+]2[c-]n(-c3cccc(Oc4cccc(N=C(B(c5ccccc5)c5ccccc5)N(c5ccccc5)c5cccnc5C)c4)c3)c3ccccc32)c([2H])c1[2H]. The van der Waals surface area contributed by atoms with Crippen LogP contribution in [0.25, 0.3) is 44.7 Å². The number of para-hydroxylation sites is 4. The average molecular weight is 901 g/mol. The number of pyridine rings is 1. The molecule has 2 heterocycles. The van der Waals surface area contributed by atoms with Gasteiger partial charge >= 0.3 is 0 Å². The summed E-state index contributed by atoms with van der Waals surface area (Å²) in [5, 5.41) is 0. The molecule has 11 aromatic rings. The Bertz CT molecular complexity index is 4150. The van der Waals surface area contributed by atoms with E-state index >= 15 is 0 Å². The van der Waals surface area contributed by atoms with Crippen molar-refractivity contribution < 1.29 is 27.1 Å². The molecule has 7 heteroatoms. The van der Waals surface area contributed by atoms with Crippen molar-refractivity contribution in [3.05, 3.63) is 273 Å². The molecule has 0 N–H and O–H groups in total. The highest BCUT2D eigenvalue weighted by atomic mass is 16.5. The molecule has 2 aromatic heterocycles. The molecule has 0 aliphatic heterocycles. The van der Waals surface area contributed by atoms with Crippen LogP contribution < -0.4 is 25.1 Å². The fourth-order valence-electron chi connectivity index (χ4n) is 8.43. The Hall–Kier alpha value is -9.07. The predicted molar refractivity (Wildman–Crippen MR) is 284 cm³/mol. The summed E-state index contributed by atoms with van der Waals surface area (Å²) in [6.07, 6.45) is 5.06. The molecule has 0 radical (unpaired) electrons. The Kier molecular flexibility index (Phi) is 8.52. The number of anilines is 2. The minimum Gasteiger partial charge on any atom is -0.458 e. The van der Waals surface area contributed by atoms with Gasteiger partial charge in [-0.3, -0.25) is 14.1 Å². The number of nitrogens with zero attached hydrogens (tertiary/aromatic N) is 5. The van der Waals surface area contributed by atoms with Gasteiger partial charge in [0, 0.05) is 18.0 Å². The quantitative estimate of drug-likeness (QED) is 0.0403. The van der Waals surface area contributed by atoms with Crippen LogP contribution >= 0.6 is 0 Å². The van der Waals surface area contributed by atoms with Gasteiger partial charge in [-0.15, -0.1) is 0 Å². The van der Waals surface area contributed by atoms with E-state index in [-0.39, 0.29) is 12.4 Å².